The zero-order valence-electron chi connectivity index (χ0n) is 19.9. The molecule has 12 heteroatoms. The van der Waals surface area contributed by atoms with Gasteiger partial charge >= 0.3 is 0 Å². The quantitative estimate of drug-likeness (QED) is 0.369. The molecule has 1 N–H and O–H groups in total. The van der Waals surface area contributed by atoms with E-state index >= 15 is 0 Å². The maximum Gasteiger partial charge on any atom is 0.247 e. The summed E-state index contributed by atoms with van der Waals surface area (Å²) in [5.41, 5.74) is 3.92. The molecule has 0 fully saturated rings. The van der Waals surface area contributed by atoms with Crippen molar-refractivity contribution in [2.45, 2.75) is 32.7 Å². The van der Waals surface area contributed by atoms with Crippen LogP contribution in [0.25, 0.3) is 11.0 Å². The van der Waals surface area contributed by atoms with Crippen LogP contribution in [0.4, 0.5) is 17.3 Å². The van der Waals surface area contributed by atoms with E-state index in [1.165, 1.54) is 37.1 Å². The molecule has 188 valence electrons. The fourth-order valence-electron chi connectivity index (χ4n) is 4.44. The van der Waals surface area contributed by atoms with Gasteiger partial charge < -0.3 is 5.32 Å². The van der Waals surface area contributed by atoms with Crippen molar-refractivity contribution in [2.24, 2.45) is 0 Å². The molecule has 1 atom stereocenters. The Morgan fingerprint density at radius 3 is 2.36 bits per heavy atom. The predicted octanol–water partition coefficient (Wildman–Crippen LogP) is 3.61. The number of hydrogen-bond donors (Lipinski definition) is 1. The van der Waals surface area contributed by atoms with Crippen LogP contribution in [0.1, 0.15) is 37.4 Å². The van der Waals surface area contributed by atoms with Crippen LogP contribution in [0.5, 0.6) is 0 Å². The minimum Gasteiger partial charge on any atom is -0.324 e. The maximum atomic E-state index is 12.5. The number of hydrogen-bond acceptors (Lipinski definition) is 8. The van der Waals surface area contributed by atoms with Crippen molar-refractivity contribution >= 4 is 48.4 Å². The summed E-state index contributed by atoms with van der Waals surface area (Å²) < 4.78 is 52.4. The van der Waals surface area contributed by atoms with Gasteiger partial charge in [-0.2, -0.15) is 13.8 Å². The van der Waals surface area contributed by atoms with Crippen LogP contribution in [-0.4, -0.2) is 48.1 Å². The molecule has 36 heavy (non-hydrogen) atoms. The van der Waals surface area contributed by atoms with Gasteiger partial charge in [0.1, 0.15) is 0 Å². The van der Waals surface area contributed by atoms with Crippen molar-refractivity contribution < 1.29 is 16.8 Å². The van der Waals surface area contributed by atoms with Crippen LogP contribution in [0, 0.1) is 0 Å². The lowest BCUT2D eigenvalue weighted by Gasteiger charge is -2.22. The van der Waals surface area contributed by atoms with Crippen molar-refractivity contribution in [3.63, 3.8) is 0 Å². The highest BCUT2D eigenvalue weighted by molar-refractivity contribution is 8.10. The highest BCUT2D eigenvalue weighted by Gasteiger charge is 2.31. The van der Waals surface area contributed by atoms with Crippen molar-refractivity contribution in [1.29, 1.82) is 0 Å². The smallest absolute Gasteiger partial charge is 0.247 e. The second-order valence-corrected chi connectivity index (χ2v) is 12.9. The summed E-state index contributed by atoms with van der Waals surface area (Å²) >= 11 is 0. The molecule has 2 aromatic heterocycles. The Balaban J connectivity index is 1.43. The van der Waals surface area contributed by atoms with Gasteiger partial charge in [0.2, 0.25) is 26.0 Å². The number of rotatable bonds is 8. The maximum absolute atomic E-state index is 12.5. The first-order valence-electron chi connectivity index (χ1n) is 11.6. The van der Waals surface area contributed by atoms with Crippen molar-refractivity contribution in [1.82, 2.24) is 19.7 Å². The lowest BCUT2D eigenvalue weighted by Crippen LogP contribution is -2.39. The number of nitrogens with one attached hydrogen (secondary N) is 1. The predicted molar refractivity (Wildman–Crippen MR) is 139 cm³/mol. The van der Waals surface area contributed by atoms with E-state index in [0.29, 0.717) is 21.0 Å². The Hall–Kier alpha value is -3.51. The molecule has 0 bridgehead atoms. The van der Waals surface area contributed by atoms with Gasteiger partial charge in [-0.15, -0.1) is 0 Å². The third-order valence-electron chi connectivity index (χ3n) is 6.30. The normalized spacial score (nSPS) is 15.7. The van der Waals surface area contributed by atoms with E-state index in [4.69, 9.17) is 0 Å². The minimum absolute atomic E-state index is 0.0543. The first kappa shape index (κ1) is 24.2. The zero-order chi connectivity index (χ0) is 25.5. The lowest BCUT2D eigenvalue weighted by molar-refractivity contribution is 0.533. The number of aryl methyl sites for hydroxylation is 1. The van der Waals surface area contributed by atoms with Gasteiger partial charge in [0.25, 0.3) is 0 Å². The summed E-state index contributed by atoms with van der Waals surface area (Å²) in [5, 5.41) is 8.52. The lowest BCUT2D eigenvalue weighted by atomic mass is 10.1. The van der Waals surface area contributed by atoms with E-state index in [9.17, 15) is 16.8 Å². The number of nitrogens with zero attached hydrogens (tertiary/aromatic N) is 5. The SMILES string of the molecule is CCS(=O)(=O)N(c1ccc(Nc2ncc3cnn([C@H]4CCc5ccccc54)c3n2)cc1)S(=O)(=O)CC. The van der Waals surface area contributed by atoms with Gasteiger partial charge in [0.05, 0.1) is 34.8 Å². The molecule has 2 heterocycles. The monoisotopic (exact) mass is 526 g/mol. The number of fused-ring (bicyclic) bond motifs is 2. The van der Waals surface area contributed by atoms with E-state index in [0.717, 1.165) is 18.2 Å². The van der Waals surface area contributed by atoms with Gasteiger partial charge in [0, 0.05) is 11.9 Å². The van der Waals surface area contributed by atoms with E-state index in [1.54, 1.807) is 24.5 Å². The molecule has 5 rings (SSSR count). The molecule has 1 aliphatic rings. The van der Waals surface area contributed by atoms with Crippen LogP contribution in [0.3, 0.4) is 0 Å². The van der Waals surface area contributed by atoms with Gasteiger partial charge in [-0.3, -0.25) is 0 Å². The zero-order valence-corrected chi connectivity index (χ0v) is 21.5. The average molecular weight is 527 g/mol. The molecule has 0 radical (unpaired) electrons. The second kappa shape index (κ2) is 9.17. The molecular weight excluding hydrogens is 500 g/mol. The van der Waals surface area contributed by atoms with E-state index in [2.05, 4.69) is 32.5 Å². The number of aromatic nitrogens is 4. The molecule has 0 unspecified atom stereocenters. The molecule has 0 saturated heterocycles. The molecule has 0 aliphatic heterocycles. The minimum atomic E-state index is -4.02. The first-order valence-corrected chi connectivity index (χ1v) is 14.9. The van der Waals surface area contributed by atoms with E-state index < -0.39 is 20.0 Å². The van der Waals surface area contributed by atoms with Crippen molar-refractivity contribution in [3.8, 4) is 0 Å². The summed E-state index contributed by atoms with van der Waals surface area (Å²) in [6.45, 7) is 2.82. The summed E-state index contributed by atoms with van der Waals surface area (Å²) in [5.74, 6) is -0.319. The molecule has 0 saturated carbocycles. The second-order valence-electron chi connectivity index (χ2n) is 8.49. The Bertz CT molecular complexity index is 1600. The number of anilines is 3. The first-order chi connectivity index (χ1) is 17.2. The highest BCUT2D eigenvalue weighted by Crippen LogP contribution is 2.35. The standard InChI is InChI=1S/C24H26N6O4S2/c1-3-35(31,32)30(36(33,34)4-2)20-12-10-19(11-13-20)27-24-25-15-18-16-26-29(23(18)28-24)22-14-9-17-7-5-6-8-21(17)22/h5-8,10-13,15-16,22H,3-4,9,14H2,1-2H3,(H,25,27,28)/t22-/m0/s1. The third kappa shape index (κ3) is 4.30. The average Bonchev–Trinajstić information content (AvgIpc) is 3.48. The molecule has 1 aliphatic carbocycles. The van der Waals surface area contributed by atoms with Gasteiger partial charge in [0.15, 0.2) is 5.65 Å². The number of benzene rings is 2. The van der Waals surface area contributed by atoms with Gasteiger partial charge in [-0.1, -0.05) is 24.3 Å². The van der Waals surface area contributed by atoms with Crippen LogP contribution in [0.2, 0.25) is 0 Å². The molecule has 0 amide bonds. The van der Waals surface area contributed by atoms with Crippen molar-refractivity contribution in [2.75, 3.05) is 20.5 Å². The molecule has 4 aromatic rings. The summed E-state index contributed by atoms with van der Waals surface area (Å²) in [6, 6.07) is 14.5. The summed E-state index contributed by atoms with van der Waals surface area (Å²) in [7, 11) is -8.03. The summed E-state index contributed by atoms with van der Waals surface area (Å²) in [6.07, 6.45) is 5.39. The largest absolute Gasteiger partial charge is 0.324 e. The van der Waals surface area contributed by atoms with Crippen LogP contribution in [0.15, 0.2) is 60.9 Å². The topological polar surface area (TPSA) is 127 Å². The highest BCUT2D eigenvalue weighted by atomic mass is 32.3. The third-order valence-corrected chi connectivity index (χ3v) is 10.6. The van der Waals surface area contributed by atoms with Gasteiger partial charge in [-0.05, 0) is 62.1 Å². The Morgan fingerprint density at radius 1 is 0.972 bits per heavy atom. The van der Waals surface area contributed by atoms with E-state index in [-0.39, 0.29) is 23.2 Å². The van der Waals surface area contributed by atoms with Crippen molar-refractivity contribution in [3.05, 3.63) is 72.1 Å². The fraction of sp³-hybridized carbons (Fsp3) is 0.292. The van der Waals surface area contributed by atoms with Crippen LogP contribution >= 0.6 is 0 Å². The fourth-order valence-corrected chi connectivity index (χ4v) is 7.81. The molecular formula is C24H26N6O4S2. The summed E-state index contributed by atoms with van der Waals surface area (Å²) in [4.78, 5) is 9.06. The Kier molecular flexibility index (Phi) is 6.17. The number of sulfonamides is 2. The Labute approximate surface area is 210 Å². The Morgan fingerprint density at radius 2 is 1.67 bits per heavy atom. The van der Waals surface area contributed by atoms with Crippen LogP contribution < -0.4 is 9.03 Å². The van der Waals surface area contributed by atoms with Gasteiger partial charge in [-0.25, -0.2) is 26.5 Å². The van der Waals surface area contributed by atoms with E-state index in [1.807, 2.05) is 16.8 Å². The van der Waals surface area contributed by atoms with Crippen LogP contribution in [-0.2, 0) is 26.5 Å². The molecule has 2 aromatic carbocycles. The molecule has 10 nitrogen and oxygen atoms in total. The molecule has 0 spiro atoms.